The molecule has 0 spiro atoms. The molecule has 0 fully saturated rings. The Labute approximate surface area is 113 Å². The molecule has 1 N–H and O–H groups in total. The standard InChI is InChI=1S/C16H19NO2/c1-3-12(2)14-4-6-15(7-5-14)19-16-10-13(11-18)8-9-17-16/h4-10,12,18H,3,11H2,1-2H3. The van der Waals surface area contributed by atoms with E-state index >= 15 is 0 Å². The van der Waals surface area contributed by atoms with E-state index in [-0.39, 0.29) is 6.61 Å². The van der Waals surface area contributed by atoms with Crippen LogP contribution in [-0.4, -0.2) is 10.1 Å². The summed E-state index contributed by atoms with van der Waals surface area (Å²) in [4.78, 5) is 4.12. The first-order valence-electron chi connectivity index (χ1n) is 6.56. The van der Waals surface area contributed by atoms with Gasteiger partial charge in [0.25, 0.3) is 0 Å². The fourth-order valence-electron chi connectivity index (χ4n) is 1.83. The summed E-state index contributed by atoms with van der Waals surface area (Å²) in [6, 6.07) is 11.6. The van der Waals surface area contributed by atoms with Gasteiger partial charge in [-0.15, -0.1) is 0 Å². The molecule has 100 valence electrons. The van der Waals surface area contributed by atoms with Gasteiger partial charge < -0.3 is 9.84 Å². The molecule has 2 aromatic rings. The molecule has 2 rings (SSSR count). The van der Waals surface area contributed by atoms with Gasteiger partial charge in [-0.05, 0) is 41.7 Å². The van der Waals surface area contributed by atoms with Crippen LogP contribution < -0.4 is 4.74 Å². The number of rotatable bonds is 5. The average Bonchev–Trinajstić information content (AvgIpc) is 2.47. The first-order valence-corrected chi connectivity index (χ1v) is 6.56. The minimum Gasteiger partial charge on any atom is -0.439 e. The van der Waals surface area contributed by atoms with Crippen molar-refractivity contribution in [3.05, 3.63) is 53.7 Å². The normalized spacial score (nSPS) is 12.2. The van der Waals surface area contributed by atoms with Crippen molar-refractivity contribution < 1.29 is 9.84 Å². The van der Waals surface area contributed by atoms with Gasteiger partial charge in [-0.1, -0.05) is 26.0 Å². The molecule has 0 amide bonds. The molecule has 1 heterocycles. The fourth-order valence-corrected chi connectivity index (χ4v) is 1.83. The number of hydrogen-bond acceptors (Lipinski definition) is 3. The van der Waals surface area contributed by atoms with Gasteiger partial charge in [0.05, 0.1) is 6.61 Å². The lowest BCUT2D eigenvalue weighted by Gasteiger charge is -2.10. The molecule has 1 atom stereocenters. The summed E-state index contributed by atoms with van der Waals surface area (Å²) in [6.07, 6.45) is 2.76. The fraction of sp³-hybridized carbons (Fsp3) is 0.312. The Morgan fingerprint density at radius 3 is 2.58 bits per heavy atom. The highest BCUT2D eigenvalue weighted by Gasteiger charge is 2.04. The number of aromatic nitrogens is 1. The smallest absolute Gasteiger partial charge is 0.219 e. The van der Waals surface area contributed by atoms with Crippen molar-refractivity contribution >= 4 is 0 Å². The van der Waals surface area contributed by atoms with Crippen LogP contribution in [0, 0.1) is 0 Å². The van der Waals surface area contributed by atoms with Crippen LogP contribution in [0.15, 0.2) is 42.6 Å². The molecule has 0 radical (unpaired) electrons. The van der Waals surface area contributed by atoms with Crippen molar-refractivity contribution in [3.63, 3.8) is 0 Å². The Hall–Kier alpha value is -1.87. The number of aliphatic hydroxyl groups excluding tert-OH is 1. The summed E-state index contributed by atoms with van der Waals surface area (Å²) in [5.41, 5.74) is 2.10. The van der Waals surface area contributed by atoms with E-state index in [0.717, 1.165) is 17.7 Å². The zero-order valence-corrected chi connectivity index (χ0v) is 11.3. The van der Waals surface area contributed by atoms with E-state index in [1.165, 1.54) is 5.56 Å². The van der Waals surface area contributed by atoms with Gasteiger partial charge in [-0.25, -0.2) is 4.98 Å². The van der Waals surface area contributed by atoms with E-state index in [0.29, 0.717) is 11.8 Å². The molecule has 0 saturated heterocycles. The summed E-state index contributed by atoms with van der Waals surface area (Å²) in [7, 11) is 0. The Morgan fingerprint density at radius 1 is 1.21 bits per heavy atom. The second kappa shape index (κ2) is 6.34. The molecule has 0 saturated carbocycles. The van der Waals surface area contributed by atoms with Crippen LogP contribution in [0.5, 0.6) is 11.6 Å². The van der Waals surface area contributed by atoms with Crippen molar-refractivity contribution in [2.45, 2.75) is 32.8 Å². The molecular formula is C16H19NO2. The summed E-state index contributed by atoms with van der Waals surface area (Å²) >= 11 is 0. The topological polar surface area (TPSA) is 42.4 Å². The van der Waals surface area contributed by atoms with E-state index in [4.69, 9.17) is 9.84 Å². The summed E-state index contributed by atoms with van der Waals surface area (Å²) < 4.78 is 5.67. The summed E-state index contributed by atoms with van der Waals surface area (Å²) in [5.74, 6) is 1.82. The van der Waals surface area contributed by atoms with Crippen molar-refractivity contribution in [1.82, 2.24) is 4.98 Å². The number of pyridine rings is 1. The van der Waals surface area contributed by atoms with E-state index in [1.807, 2.05) is 12.1 Å². The van der Waals surface area contributed by atoms with Crippen LogP contribution in [0.1, 0.15) is 37.3 Å². The molecule has 1 aromatic heterocycles. The van der Waals surface area contributed by atoms with Gasteiger partial charge in [0, 0.05) is 12.3 Å². The highest BCUT2D eigenvalue weighted by molar-refractivity contribution is 5.32. The minimum absolute atomic E-state index is 0.00810. The Kier molecular flexibility index (Phi) is 4.53. The number of ether oxygens (including phenoxy) is 1. The summed E-state index contributed by atoms with van der Waals surface area (Å²) in [6.45, 7) is 4.38. The third-order valence-corrected chi connectivity index (χ3v) is 3.27. The Bertz CT molecular complexity index is 523. The molecule has 0 aliphatic heterocycles. The molecule has 0 aliphatic carbocycles. The first-order chi connectivity index (χ1) is 9.22. The highest BCUT2D eigenvalue weighted by Crippen LogP contribution is 2.24. The van der Waals surface area contributed by atoms with Crippen LogP contribution in [0.3, 0.4) is 0 Å². The van der Waals surface area contributed by atoms with Gasteiger partial charge in [0.2, 0.25) is 5.88 Å². The van der Waals surface area contributed by atoms with E-state index in [2.05, 4.69) is 31.0 Å². The van der Waals surface area contributed by atoms with Crippen molar-refractivity contribution in [2.75, 3.05) is 0 Å². The quantitative estimate of drug-likeness (QED) is 0.883. The molecule has 0 aliphatic rings. The lowest BCUT2D eigenvalue weighted by atomic mass is 9.99. The van der Waals surface area contributed by atoms with Crippen LogP contribution >= 0.6 is 0 Å². The van der Waals surface area contributed by atoms with E-state index in [9.17, 15) is 0 Å². The summed E-state index contributed by atoms with van der Waals surface area (Å²) in [5, 5.41) is 9.07. The van der Waals surface area contributed by atoms with Gasteiger partial charge in [0.15, 0.2) is 0 Å². The lowest BCUT2D eigenvalue weighted by Crippen LogP contribution is -1.93. The van der Waals surface area contributed by atoms with Crippen LogP contribution in [-0.2, 0) is 6.61 Å². The Morgan fingerprint density at radius 2 is 1.95 bits per heavy atom. The molecule has 1 unspecified atom stereocenters. The van der Waals surface area contributed by atoms with E-state index in [1.54, 1.807) is 18.3 Å². The Balaban J connectivity index is 2.10. The number of aliphatic hydroxyl groups is 1. The van der Waals surface area contributed by atoms with Gasteiger partial charge in [-0.3, -0.25) is 0 Å². The second-order valence-corrected chi connectivity index (χ2v) is 4.64. The van der Waals surface area contributed by atoms with Crippen molar-refractivity contribution in [3.8, 4) is 11.6 Å². The van der Waals surface area contributed by atoms with Gasteiger partial charge in [-0.2, -0.15) is 0 Å². The van der Waals surface area contributed by atoms with Crippen LogP contribution in [0.25, 0.3) is 0 Å². The monoisotopic (exact) mass is 257 g/mol. The lowest BCUT2D eigenvalue weighted by molar-refractivity contribution is 0.281. The number of nitrogens with zero attached hydrogens (tertiary/aromatic N) is 1. The van der Waals surface area contributed by atoms with Crippen LogP contribution in [0.2, 0.25) is 0 Å². The predicted molar refractivity (Wildman–Crippen MR) is 75.4 cm³/mol. The molecule has 3 heteroatoms. The maximum absolute atomic E-state index is 9.07. The van der Waals surface area contributed by atoms with Gasteiger partial charge in [0.1, 0.15) is 5.75 Å². The number of hydrogen-bond donors (Lipinski definition) is 1. The second-order valence-electron chi connectivity index (χ2n) is 4.64. The van der Waals surface area contributed by atoms with Crippen LogP contribution in [0.4, 0.5) is 0 Å². The maximum atomic E-state index is 9.07. The minimum atomic E-state index is -0.00810. The maximum Gasteiger partial charge on any atom is 0.219 e. The molecule has 3 nitrogen and oxygen atoms in total. The predicted octanol–water partition coefficient (Wildman–Crippen LogP) is 3.88. The number of benzene rings is 1. The molecule has 1 aromatic carbocycles. The third kappa shape index (κ3) is 3.55. The zero-order valence-electron chi connectivity index (χ0n) is 11.3. The van der Waals surface area contributed by atoms with E-state index < -0.39 is 0 Å². The zero-order chi connectivity index (χ0) is 13.7. The third-order valence-electron chi connectivity index (χ3n) is 3.27. The van der Waals surface area contributed by atoms with Gasteiger partial charge >= 0.3 is 0 Å². The largest absolute Gasteiger partial charge is 0.439 e. The van der Waals surface area contributed by atoms with Crippen molar-refractivity contribution in [2.24, 2.45) is 0 Å². The SMILES string of the molecule is CCC(C)c1ccc(Oc2cc(CO)ccn2)cc1. The average molecular weight is 257 g/mol. The molecular weight excluding hydrogens is 238 g/mol. The molecule has 0 bridgehead atoms. The highest BCUT2D eigenvalue weighted by atomic mass is 16.5. The first kappa shape index (κ1) is 13.6. The molecule has 19 heavy (non-hydrogen) atoms. The van der Waals surface area contributed by atoms with Crippen molar-refractivity contribution in [1.29, 1.82) is 0 Å².